The molecule has 13 heavy (non-hydrogen) atoms. The summed E-state index contributed by atoms with van der Waals surface area (Å²) in [6, 6.07) is 2.51. The monoisotopic (exact) mass is 202 g/mol. The molecular weight excluding hydrogens is 190 g/mol. The van der Waals surface area contributed by atoms with E-state index in [1.54, 1.807) is 6.92 Å². The van der Waals surface area contributed by atoms with Crippen LogP contribution in [0.5, 0.6) is 0 Å². The summed E-state index contributed by atoms with van der Waals surface area (Å²) in [6.07, 6.45) is 1.31. The first-order valence-corrected chi connectivity index (χ1v) is 4.83. The molecule has 0 bridgehead atoms. The molecule has 1 aromatic rings. The summed E-state index contributed by atoms with van der Waals surface area (Å²) in [4.78, 5) is 0. The van der Waals surface area contributed by atoms with E-state index < -0.39 is 0 Å². The molecule has 0 heterocycles. The molecule has 0 nitrogen and oxygen atoms in total. The van der Waals surface area contributed by atoms with Crippen molar-refractivity contribution >= 4 is 12.6 Å². The van der Waals surface area contributed by atoms with Crippen LogP contribution in [-0.4, -0.2) is 5.75 Å². The summed E-state index contributed by atoms with van der Waals surface area (Å²) in [7, 11) is 0. The van der Waals surface area contributed by atoms with Crippen LogP contribution in [0, 0.1) is 18.6 Å². The van der Waals surface area contributed by atoms with Crippen molar-refractivity contribution in [3.05, 3.63) is 34.9 Å². The SMILES string of the molecule is Cc1cc(F)c(CCCS)cc1F. The van der Waals surface area contributed by atoms with Gasteiger partial charge in [0.05, 0.1) is 0 Å². The van der Waals surface area contributed by atoms with E-state index >= 15 is 0 Å². The molecule has 72 valence electrons. The van der Waals surface area contributed by atoms with Crippen molar-refractivity contribution in [2.75, 3.05) is 5.75 Å². The first-order chi connectivity index (χ1) is 6.15. The minimum atomic E-state index is -0.337. The Labute approximate surface area is 82.4 Å². The lowest BCUT2D eigenvalue weighted by atomic mass is 10.1. The minimum Gasteiger partial charge on any atom is -0.207 e. The van der Waals surface area contributed by atoms with Crippen molar-refractivity contribution in [3.63, 3.8) is 0 Å². The molecule has 0 aromatic heterocycles. The number of hydrogen-bond donors (Lipinski definition) is 1. The van der Waals surface area contributed by atoms with Crippen LogP contribution >= 0.6 is 12.6 Å². The highest BCUT2D eigenvalue weighted by Gasteiger charge is 2.06. The van der Waals surface area contributed by atoms with Gasteiger partial charge in [-0.3, -0.25) is 0 Å². The van der Waals surface area contributed by atoms with E-state index in [9.17, 15) is 8.78 Å². The van der Waals surface area contributed by atoms with Gasteiger partial charge in [0.25, 0.3) is 0 Å². The van der Waals surface area contributed by atoms with Crippen molar-refractivity contribution in [2.24, 2.45) is 0 Å². The molecule has 3 heteroatoms. The van der Waals surface area contributed by atoms with Crippen LogP contribution in [0.1, 0.15) is 17.5 Å². The lowest BCUT2D eigenvalue weighted by Crippen LogP contribution is -1.95. The highest BCUT2D eigenvalue weighted by molar-refractivity contribution is 7.80. The number of rotatable bonds is 3. The normalized spacial score (nSPS) is 10.5. The van der Waals surface area contributed by atoms with Crippen LogP contribution < -0.4 is 0 Å². The van der Waals surface area contributed by atoms with Gasteiger partial charge in [-0.05, 0) is 48.8 Å². The Hall–Kier alpha value is -0.570. The topological polar surface area (TPSA) is 0 Å². The van der Waals surface area contributed by atoms with Crippen molar-refractivity contribution in [1.82, 2.24) is 0 Å². The first-order valence-electron chi connectivity index (χ1n) is 4.20. The molecule has 0 radical (unpaired) electrons. The van der Waals surface area contributed by atoms with Gasteiger partial charge in [0.1, 0.15) is 11.6 Å². The van der Waals surface area contributed by atoms with Crippen LogP contribution in [0.25, 0.3) is 0 Å². The summed E-state index contributed by atoms with van der Waals surface area (Å²) in [5, 5.41) is 0. The number of hydrogen-bond acceptors (Lipinski definition) is 1. The molecule has 0 saturated heterocycles. The van der Waals surface area contributed by atoms with E-state index in [1.165, 1.54) is 12.1 Å². The van der Waals surface area contributed by atoms with Crippen molar-refractivity contribution in [2.45, 2.75) is 19.8 Å². The van der Waals surface area contributed by atoms with Gasteiger partial charge in [-0.1, -0.05) is 0 Å². The smallest absolute Gasteiger partial charge is 0.126 e. The second-order valence-corrected chi connectivity index (χ2v) is 3.47. The minimum absolute atomic E-state index is 0.319. The molecule has 0 aliphatic heterocycles. The average Bonchev–Trinajstić information content (AvgIpc) is 2.09. The number of thiol groups is 1. The number of halogens is 2. The summed E-state index contributed by atoms with van der Waals surface area (Å²) in [5.41, 5.74) is 0.796. The lowest BCUT2D eigenvalue weighted by molar-refractivity contribution is 0.577. The predicted molar refractivity (Wildman–Crippen MR) is 53.3 cm³/mol. The standard InChI is InChI=1S/C10H12F2S/c1-7-5-10(12)8(3-2-4-13)6-9(7)11/h5-6,13H,2-4H2,1H3. The van der Waals surface area contributed by atoms with Crippen LogP contribution in [0.2, 0.25) is 0 Å². The van der Waals surface area contributed by atoms with Gasteiger partial charge < -0.3 is 0 Å². The molecule has 1 rings (SSSR count). The van der Waals surface area contributed by atoms with Crippen molar-refractivity contribution in [1.29, 1.82) is 0 Å². The summed E-state index contributed by atoms with van der Waals surface area (Å²) >= 11 is 4.02. The van der Waals surface area contributed by atoms with E-state index in [4.69, 9.17) is 0 Å². The largest absolute Gasteiger partial charge is 0.207 e. The molecule has 0 saturated carbocycles. The zero-order valence-corrected chi connectivity index (χ0v) is 8.37. The fourth-order valence-electron chi connectivity index (χ4n) is 1.15. The Kier molecular flexibility index (Phi) is 3.72. The zero-order chi connectivity index (χ0) is 9.84. The molecule has 0 amide bonds. The van der Waals surface area contributed by atoms with E-state index in [0.29, 0.717) is 23.3 Å². The maximum absolute atomic E-state index is 13.2. The Bertz CT molecular complexity index is 297. The number of aryl methyl sites for hydroxylation is 2. The maximum atomic E-state index is 13.2. The van der Waals surface area contributed by atoms with E-state index in [2.05, 4.69) is 12.6 Å². The van der Waals surface area contributed by atoms with Crippen LogP contribution in [0.3, 0.4) is 0 Å². The highest BCUT2D eigenvalue weighted by Crippen LogP contribution is 2.15. The molecule has 0 N–H and O–H groups in total. The second kappa shape index (κ2) is 4.61. The first kappa shape index (κ1) is 10.5. The van der Waals surface area contributed by atoms with Crippen LogP contribution in [-0.2, 0) is 6.42 Å². The fourth-order valence-corrected chi connectivity index (χ4v) is 1.31. The third kappa shape index (κ3) is 2.69. The zero-order valence-electron chi connectivity index (χ0n) is 7.48. The van der Waals surface area contributed by atoms with Crippen molar-refractivity contribution in [3.8, 4) is 0 Å². The molecule has 0 aliphatic rings. The Morgan fingerprint density at radius 1 is 1.23 bits per heavy atom. The van der Waals surface area contributed by atoms with Gasteiger partial charge in [-0.2, -0.15) is 12.6 Å². The van der Waals surface area contributed by atoms with Gasteiger partial charge >= 0.3 is 0 Å². The molecule has 0 spiro atoms. The van der Waals surface area contributed by atoms with Gasteiger partial charge in [0.15, 0.2) is 0 Å². The third-order valence-corrected chi connectivity index (χ3v) is 2.25. The fraction of sp³-hybridized carbons (Fsp3) is 0.400. The van der Waals surface area contributed by atoms with E-state index in [1.807, 2.05) is 0 Å². The quantitative estimate of drug-likeness (QED) is 0.715. The second-order valence-electron chi connectivity index (χ2n) is 3.02. The molecule has 0 atom stereocenters. The lowest BCUT2D eigenvalue weighted by Gasteiger charge is -2.04. The van der Waals surface area contributed by atoms with Crippen LogP contribution in [0.4, 0.5) is 8.78 Å². The molecule has 1 aromatic carbocycles. The third-order valence-electron chi connectivity index (χ3n) is 1.93. The summed E-state index contributed by atoms with van der Waals surface area (Å²) in [6.45, 7) is 1.56. The van der Waals surface area contributed by atoms with E-state index in [-0.39, 0.29) is 11.6 Å². The predicted octanol–water partition coefficient (Wildman–Crippen LogP) is 3.14. The summed E-state index contributed by atoms with van der Waals surface area (Å²) in [5.74, 6) is 0.0332. The van der Waals surface area contributed by atoms with Gasteiger partial charge in [0.2, 0.25) is 0 Å². The summed E-state index contributed by atoms with van der Waals surface area (Å²) < 4.78 is 26.2. The van der Waals surface area contributed by atoms with E-state index in [0.717, 1.165) is 6.42 Å². The highest BCUT2D eigenvalue weighted by atomic mass is 32.1. The van der Waals surface area contributed by atoms with Gasteiger partial charge in [-0.25, -0.2) is 8.78 Å². The maximum Gasteiger partial charge on any atom is 0.126 e. The molecular formula is C10H12F2S. The molecule has 0 unspecified atom stereocenters. The van der Waals surface area contributed by atoms with Gasteiger partial charge in [0, 0.05) is 0 Å². The Balaban J connectivity index is 2.88. The molecule has 0 aliphatic carbocycles. The van der Waals surface area contributed by atoms with Crippen LogP contribution in [0.15, 0.2) is 12.1 Å². The average molecular weight is 202 g/mol. The number of benzene rings is 1. The van der Waals surface area contributed by atoms with Crippen molar-refractivity contribution < 1.29 is 8.78 Å². The molecule has 0 fully saturated rings. The van der Waals surface area contributed by atoms with Gasteiger partial charge in [-0.15, -0.1) is 0 Å². The Morgan fingerprint density at radius 2 is 1.92 bits per heavy atom. The Morgan fingerprint density at radius 3 is 2.54 bits per heavy atom.